The number of carboxylic acid groups (broad SMARTS) is 1. The summed E-state index contributed by atoms with van der Waals surface area (Å²) in [6.07, 6.45) is -0.160. The fraction of sp³-hybridized carbons (Fsp3) is 0.269. The summed E-state index contributed by atoms with van der Waals surface area (Å²) >= 11 is 0. The number of carbonyl (C=O) groups is 1. The van der Waals surface area contributed by atoms with Crippen LogP contribution in [-0.4, -0.2) is 41.6 Å². The first-order valence-corrected chi connectivity index (χ1v) is 12.8. The summed E-state index contributed by atoms with van der Waals surface area (Å²) in [6, 6.07) is 16.0. The van der Waals surface area contributed by atoms with Gasteiger partial charge in [-0.1, -0.05) is 41.6 Å². The van der Waals surface area contributed by atoms with Gasteiger partial charge in [0.1, 0.15) is 16.8 Å². The topological polar surface area (TPSA) is 123 Å². The van der Waals surface area contributed by atoms with Crippen LogP contribution in [0.4, 0.5) is 0 Å². The molecule has 10 heteroatoms. The smallest absolute Gasteiger partial charge is 0.304 e. The van der Waals surface area contributed by atoms with E-state index in [-0.39, 0.29) is 17.9 Å². The van der Waals surface area contributed by atoms with Gasteiger partial charge in [0.25, 0.3) is 0 Å². The Balaban J connectivity index is 1.71. The molecule has 4 aromatic rings. The highest BCUT2D eigenvalue weighted by molar-refractivity contribution is 7.89. The van der Waals surface area contributed by atoms with Crippen LogP contribution in [0.2, 0.25) is 0 Å². The molecule has 0 amide bonds. The van der Waals surface area contributed by atoms with Gasteiger partial charge in [0.2, 0.25) is 10.0 Å². The predicted molar refractivity (Wildman–Crippen MR) is 136 cm³/mol. The molecule has 1 unspecified atom stereocenters. The molecule has 3 aromatic carbocycles. The lowest BCUT2D eigenvalue weighted by Gasteiger charge is -2.19. The van der Waals surface area contributed by atoms with E-state index in [1.165, 1.54) is 0 Å². The maximum atomic E-state index is 12.9. The SMILES string of the molecule is COc1cc(C(CC(=O)O)c2ccc(C)c(CNS(=O)(=O)c3ccccc3C)c2)cc2nnn(C)c12. The molecule has 1 heterocycles. The lowest BCUT2D eigenvalue weighted by Crippen LogP contribution is -2.24. The normalized spacial score (nSPS) is 12.6. The zero-order chi connectivity index (χ0) is 26.0. The van der Waals surface area contributed by atoms with E-state index in [0.29, 0.717) is 22.3 Å². The van der Waals surface area contributed by atoms with Crippen LogP contribution in [-0.2, 0) is 28.4 Å². The number of rotatable bonds is 9. The van der Waals surface area contributed by atoms with E-state index in [1.54, 1.807) is 56.1 Å². The highest BCUT2D eigenvalue weighted by atomic mass is 32.2. The summed E-state index contributed by atoms with van der Waals surface area (Å²) in [6.45, 7) is 3.71. The Labute approximate surface area is 209 Å². The van der Waals surface area contributed by atoms with Gasteiger partial charge in [-0.2, -0.15) is 0 Å². The molecule has 36 heavy (non-hydrogen) atoms. The second kappa shape index (κ2) is 10.1. The van der Waals surface area contributed by atoms with Gasteiger partial charge in [-0.25, -0.2) is 17.8 Å². The van der Waals surface area contributed by atoms with E-state index in [9.17, 15) is 18.3 Å². The van der Waals surface area contributed by atoms with Crippen LogP contribution in [0, 0.1) is 13.8 Å². The number of nitrogens with zero attached hydrogens (tertiary/aromatic N) is 3. The Morgan fingerprint density at radius 3 is 2.53 bits per heavy atom. The van der Waals surface area contributed by atoms with Crippen molar-refractivity contribution >= 4 is 27.0 Å². The number of aromatic nitrogens is 3. The molecule has 1 atom stereocenters. The molecule has 4 rings (SSSR count). The minimum Gasteiger partial charge on any atom is -0.494 e. The number of nitrogens with one attached hydrogen (secondary N) is 1. The average molecular weight is 509 g/mol. The van der Waals surface area contributed by atoms with Crippen molar-refractivity contribution in [1.82, 2.24) is 19.7 Å². The predicted octanol–water partition coefficient (Wildman–Crippen LogP) is 3.68. The van der Waals surface area contributed by atoms with Gasteiger partial charge < -0.3 is 9.84 Å². The van der Waals surface area contributed by atoms with Crippen molar-refractivity contribution in [3.05, 3.63) is 82.4 Å². The summed E-state index contributed by atoms with van der Waals surface area (Å²) < 4.78 is 35.6. The molecule has 1 aromatic heterocycles. The van der Waals surface area contributed by atoms with Crippen LogP contribution < -0.4 is 9.46 Å². The van der Waals surface area contributed by atoms with Crippen molar-refractivity contribution < 1.29 is 23.1 Å². The van der Waals surface area contributed by atoms with E-state index in [2.05, 4.69) is 15.0 Å². The van der Waals surface area contributed by atoms with Crippen LogP contribution in [0.3, 0.4) is 0 Å². The highest BCUT2D eigenvalue weighted by Gasteiger charge is 2.23. The number of aryl methyl sites for hydroxylation is 3. The molecule has 9 nitrogen and oxygen atoms in total. The van der Waals surface area contributed by atoms with Crippen molar-refractivity contribution in [3.63, 3.8) is 0 Å². The van der Waals surface area contributed by atoms with Gasteiger partial charge in [0.15, 0.2) is 0 Å². The Kier molecular flexibility index (Phi) is 7.09. The van der Waals surface area contributed by atoms with Gasteiger partial charge in [-0.15, -0.1) is 5.10 Å². The molecule has 0 saturated carbocycles. The number of aliphatic carboxylic acids is 1. The van der Waals surface area contributed by atoms with Crippen LogP contribution >= 0.6 is 0 Å². The standard InChI is InChI=1S/C26H28N4O5S/c1-16-9-10-18(11-20(16)15-27-36(33,34)24-8-6-5-7-17(24)2)21(14-25(31)32)19-12-22-26(23(13-19)35-4)30(3)29-28-22/h5-13,21,27H,14-15H2,1-4H3,(H,31,32). The molecule has 188 valence electrons. The van der Waals surface area contributed by atoms with Gasteiger partial charge >= 0.3 is 5.97 Å². The number of carboxylic acids is 1. The number of sulfonamides is 1. The summed E-state index contributed by atoms with van der Waals surface area (Å²) in [7, 11) is -0.415. The Hall–Kier alpha value is -3.76. The van der Waals surface area contributed by atoms with Gasteiger partial charge in [-0.3, -0.25) is 4.79 Å². The third-order valence-electron chi connectivity index (χ3n) is 6.30. The molecule has 0 fully saturated rings. The fourth-order valence-corrected chi connectivity index (χ4v) is 5.59. The first-order valence-electron chi connectivity index (χ1n) is 11.3. The molecule has 0 bridgehead atoms. The van der Waals surface area contributed by atoms with E-state index >= 15 is 0 Å². The number of hydrogen-bond acceptors (Lipinski definition) is 6. The third kappa shape index (κ3) is 5.09. The first kappa shape index (κ1) is 25.3. The number of fused-ring (bicyclic) bond motifs is 1. The first-order chi connectivity index (χ1) is 17.1. The zero-order valence-electron chi connectivity index (χ0n) is 20.5. The number of benzene rings is 3. The van der Waals surface area contributed by atoms with E-state index in [0.717, 1.165) is 22.3 Å². The molecule has 0 aliphatic carbocycles. The fourth-order valence-electron chi connectivity index (χ4n) is 4.34. The molecule has 0 aliphatic heterocycles. The summed E-state index contributed by atoms with van der Waals surface area (Å²) in [5.74, 6) is -0.917. The number of ether oxygens (including phenoxy) is 1. The number of methoxy groups -OCH3 is 1. The van der Waals surface area contributed by atoms with Crippen molar-refractivity contribution in [2.75, 3.05) is 7.11 Å². The molecule has 2 N–H and O–H groups in total. The van der Waals surface area contributed by atoms with E-state index < -0.39 is 21.9 Å². The van der Waals surface area contributed by atoms with Crippen molar-refractivity contribution in [2.45, 2.75) is 37.6 Å². The highest BCUT2D eigenvalue weighted by Crippen LogP contribution is 2.35. The van der Waals surface area contributed by atoms with Crippen molar-refractivity contribution in [2.24, 2.45) is 7.05 Å². The summed E-state index contributed by atoms with van der Waals surface area (Å²) in [5.41, 5.74) is 5.09. The molecular weight excluding hydrogens is 480 g/mol. The molecule has 0 aliphatic rings. The molecule has 0 spiro atoms. The van der Waals surface area contributed by atoms with Gasteiger partial charge in [0.05, 0.1) is 18.4 Å². The van der Waals surface area contributed by atoms with Crippen molar-refractivity contribution in [1.29, 1.82) is 0 Å². The molecule has 0 radical (unpaired) electrons. The van der Waals surface area contributed by atoms with Crippen LogP contribution in [0.25, 0.3) is 11.0 Å². The van der Waals surface area contributed by atoms with Gasteiger partial charge in [0, 0.05) is 19.5 Å². The minimum absolute atomic E-state index is 0.0721. The van der Waals surface area contributed by atoms with E-state index in [1.807, 2.05) is 31.2 Å². The second-order valence-electron chi connectivity index (χ2n) is 8.73. The lowest BCUT2D eigenvalue weighted by molar-refractivity contribution is -0.137. The Morgan fingerprint density at radius 1 is 1.08 bits per heavy atom. The van der Waals surface area contributed by atoms with E-state index in [4.69, 9.17) is 4.74 Å². The third-order valence-corrected chi connectivity index (χ3v) is 7.86. The number of hydrogen-bond donors (Lipinski definition) is 2. The molecular formula is C26H28N4O5S. The maximum Gasteiger partial charge on any atom is 0.304 e. The van der Waals surface area contributed by atoms with Crippen LogP contribution in [0.15, 0.2) is 59.5 Å². The largest absolute Gasteiger partial charge is 0.494 e. The zero-order valence-corrected chi connectivity index (χ0v) is 21.3. The monoisotopic (exact) mass is 508 g/mol. The van der Waals surface area contributed by atoms with Gasteiger partial charge in [-0.05, 0) is 59.9 Å². The summed E-state index contributed by atoms with van der Waals surface area (Å²) in [5, 5.41) is 17.9. The lowest BCUT2D eigenvalue weighted by atomic mass is 9.86. The van der Waals surface area contributed by atoms with Crippen LogP contribution in [0.5, 0.6) is 5.75 Å². The quantitative estimate of drug-likeness (QED) is 0.353. The van der Waals surface area contributed by atoms with Crippen molar-refractivity contribution in [3.8, 4) is 5.75 Å². The average Bonchev–Trinajstić information content (AvgIpc) is 3.22. The Bertz CT molecular complexity index is 1550. The minimum atomic E-state index is -3.72. The Morgan fingerprint density at radius 2 is 1.83 bits per heavy atom. The van der Waals surface area contributed by atoms with Crippen LogP contribution in [0.1, 0.15) is 40.2 Å². The summed E-state index contributed by atoms with van der Waals surface area (Å²) in [4.78, 5) is 12.1. The maximum absolute atomic E-state index is 12.9. The second-order valence-corrected chi connectivity index (χ2v) is 10.5. The molecule has 0 saturated heterocycles.